The third kappa shape index (κ3) is 4.14. The van der Waals surface area contributed by atoms with E-state index in [1.807, 2.05) is 19.1 Å². The molecule has 0 atom stereocenters. The van der Waals surface area contributed by atoms with Gasteiger partial charge in [-0.3, -0.25) is 20.6 Å². The average Bonchev–Trinajstić information content (AvgIpc) is 2.50. The summed E-state index contributed by atoms with van der Waals surface area (Å²) in [6.07, 6.45) is 3.06. The quantitative estimate of drug-likeness (QED) is 0.586. The lowest BCUT2D eigenvalue weighted by Gasteiger charge is -2.13. The fraction of sp³-hybridized carbons (Fsp3) is 0.0714. The predicted octanol–water partition coefficient (Wildman–Crippen LogP) is 2.67. The first-order valence-electron chi connectivity index (χ1n) is 6.10. The van der Waals surface area contributed by atoms with Gasteiger partial charge in [0.15, 0.2) is 5.11 Å². The molecular formula is C14H13ClN4OS. The van der Waals surface area contributed by atoms with Crippen molar-refractivity contribution in [1.82, 2.24) is 15.8 Å². The highest BCUT2D eigenvalue weighted by atomic mass is 35.5. The summed E-state index contributed by atoms with van der Waals surface area (Å²) >= 11 is 11.1. The highest BCUT2D eigenvalue weighted by Crippen LogP contribution is 2.22. The zero-order chi connectivity index (χ0) is 15.2. The Morgan fingerprint density at radius 3 is 2.76 bits per heavy atom. The van der Waals surface area contributed by atoms with Crippen molar-refractivity contribution in [3.63, 3.8) is 0 Å². The summed E-state index contributed by atoms with van der Waals surface area (Å²) in [5.41, 5.74) is 7.20. The molecule has 1 heterocycles. The number of hydrazine groups is 1. The summed E-state index contributed by atoms with van der Waals surface area (Å²) in [5.74, 6) is -0.324. The number of hydrogen-bond donors (Lipinski definition) is 3. The number of hydrogen-bond acceptors (Lipinski definition) is 3. The lowest BCUT2D eigenvalue weighted by Crippen LogP contribution is -2.43. The van der Waals surface area contributed by atoms with Crippen LogP contribution in [0.4, 0.5) is 5.69 Å². The summed E-state index contributed by atoms with van der Waals surface area (Å²) in [6.45, 7) is 1.88. The average molecular weight is 321 g/mol. The Bertz CT molecular complexity index is 663. The molecule has 0 bridgehead atoms. The molecule has 7 heteroatoms. The standard InChI is InChI=1S/C14H13ClN4OS/c1-9-11(15)5-2-6-12(9)17-14(21)19-18-13(20)10-4-3-7-16-8-10/h2-8H,1H3,(H,18,20)(H2,17,19,21). The van der Waals surface area contributed by atoms with Crippen molar-refractivity contribution in [2.75, 3.05) is 5.32 Å². The van der Waals surface area contributed by atoms with Crippen molar-refractivity contribution in [3.8, 4) is 0 Å². The van der Waals surface area contributed by atoms with E-state index in [9.17, 15) is 4.79 Å². The maximum atomic E-state index is 11.8. The van der Waals surface area contributed by atoms with Crippen molar-refractivity contribution in [1.29, 1.82) is 0 Å². The number of halogens is 1. The van der Waals surface area contributed by atoms with Crippen LogP contribution in [0.2, 0.25) is 5.02 Å². The van der Waals surface area contributed by atoms with Crippen LogP contribution in [0.5, 0.6) is 0 Å². The minimum atomic E-state index is -0.324. The van der Waals surface area contributed by atoms with Crippen LogP contribution in [0.25, 0.3) is 0 Å². The molecule has 0 aliphatic rings. The Morgan fingerprint density at radius 2 is 2.05 bits per heavy atom. The first-order chi connectivity index (χ1) is 10.1. The largest absolute Gasteiger partial charge is 0.331 e. The minimum absolute atomic E-state index is 0.262. The molecule has 0 saturated carbocycles. The number of pyridine rings is 1. The van der Waals surface area contributed by atoms with E-state index in [-0.39, 0.29) is 11.0 Å². The number of nitrogens with one attached hydrogen (secondary N) is 3. The van der Waals surface area contributed by atoms with Gasteiger partial charge in [-0.05, 0) is 49.0 Å². The fourth-order valence-corrected chi connectivity index (χ4v) is 1.91. The Balaban J connectivity index is 1.91. The second-order valence-electron chi connectivity index (χ2n) is 4.19. The summed E-state index contributed by atoms with van der Waals surface area (Å²) in [6, 6.07) is 8.79. The molecule has 0 unspecified atom stereocenters. The van der Waals surface area contributed by atoms with E-state index in [1.165, 1.54) is 6.20 Å². The van der Waals surface area contributed by atoms with Crippen molar-refractivity contribution in [3.05, 3.63) is 58.9 Å². The summed E-state index contributed by atoms with van der Waals surface area (Å²) < 4.78 is 0. The molecule has 0 spiro atoms. The molecule has 5 nitrogen and oxygen atoms in total. The highest BCUT2D eigenvalue weighted by molar-refractivity contribution is 7.80. The molecule has 108 valence electrons. The fourth-order valence-electron chi connectivity index (χ4n) is 1.58. The first kappa shape index (κ1) is 15.2. The molecule has 0 fully saturated rings. The molecule has 0 saturated heterocycles. The van der Waals surface area contributed by atoms with Gasteiger partial charge in [-0.15, -0.1) is 0 Å². The summed E-state index contributed by atoms with van der Waals surface area (Å²) in [7, 11) is 0. The van der Waals surface area contributed by atoms with Crippen LogP contribution in [0.1, 0.15) is 15.9 Å². The zero-order valence-electron chi connectivity index (χ0n) is 11.2. The Morgan fingerprint density at radius 1 is 1.24 bits per heavy atom. The van der Waals surface area contributed by atoms with Crippen molar-refractivity contribution < 1.29 is 4.79 Å². The topological polar surface area (TPSA) is 66.0 Å². The summed E-state index contributed by atoms with van der Waals surface area (Å²) in [5, 5.41) is 3.87. The summed E-state index contributed by atoms with van der Waals surface area (Å²) in [4.78, 5) is 15.7. The van der Waals surface area contributed by atoms with E-state index >= 15 is 0 Å². The molecule has 2 rings (SSSR count). The van der Waals surface area contributed by atoms with Crippen LogP contribution < -0.4 is 16.2 Å². The Labute approximate surface area is 132 Å². The van der Waals surface area contributed by atoms with Crippen molar-refractivity contribution in [2.45, 2.75) is 6.92 Å². The van der Waals surface area contributed by atoms with Crippen LogP contribution >= 0.6 is 23.8 Å². The van der Waals surface area contributed by atoms with E-state index in [0.29, 0.717) is 10.6 Å². The second-order valence-corrected chi connectivity index (χ2v) is 5.00. The van der Waals surface area contributed by atoms with Gasteiger partial charge in [0.1, 0.15) is 0 Å². The smallest absolute Gasteiger partial charge is 0.271 e. The van der Waals surface area contributed by atoms with Crippen LogP contribution in [-0.4, -0.2) is 16.0 Å². The highest BCUT2D eigenvalue weighted by Gasteiger charge is 2.07. The molecular weight excluding hydrogens is 308 g/mol. The normalized spacial score (nSPS) is 9.81. The van der Waals surface area contributed by atoms with Crippen LogP contribution in [0.3, 0.4) is 0 Å². The molecule has 0 aliphatic carbocycles. The Hall–Kier alpha value is -2.18. The van der Waals surface area contributed by atoms with Gasteiger partial charge in [-0.2, -0.15) is 0 Å². The number of anilines is 1. The number of benzene rings is 1. The molecule has 0 radical (unpaired) electrons. The molecule has 2 aromatic rings. The van der Waals surface area contributed by atoms with Gasteiger partial charge in [0.2, 0.25) is 0 Å². The van der Waals surface area contributed by atoms with Gasteiger partial charge in [0, 0.05) is 23.1 Å². The number of amides is 1. The van der Waals surface area contributed by atoms with E-state index in [1.54, 1.807) is 24.4 Å². The molecule has 1 amide bonds. The minimum Gasteiger partial charge on any atom is -0.331 e. The lowest BCUT2D eigenvalue weighted by molar-refractivity contribution is 0.0944. The van der Waals surface area contributed by atoms with Crippen LogP contribution in [-0.2, 0) is 0 Å². The molecule has 0 aliphatic heterocycles. The second kappa shape index (κ2) is 7.01. The van der Waals surface area contributed by atoms with Crippen LogP contribution in [0.15, 0.2) is 42.7 Å². The SMILES string of the molecule is Cc1c(Cl)cccc1NC(=S)NNC(=O)c1cccnc1. The maximum Gasteiger partial charge on any atom is 0.271 e. The van der Waals surface area contributed by atoms with Crippen LogP contribution in [0, 0.1) is 6.92 Å². The first-order valence-corrected chi connectivity index (χ1v) is 6.89. The lowest BCUT2D eigenvalue weighted by atomic mass is 10.2. The van der Waals surface area contributed by atoms with Gasteiger partial charge >= 0.3 is 0 Å². The molecule has 1 aromatic carbocycles. The van der Waals surface area contributed by atoms with Gasteiger partial charge in [0.25, 0.3) is 5.91 Å². The Kier molecular flexibility index (Phi) is 5.08. The van der Waals surface area contributed by atoms with Gasteiger partial charge < -0.3 is 5.32 Å². The van der Waals surface area contributed by atoms with Crippen molar-refractivity contribution in [2.24, 2.45) is 0 Å². The predicted molar refractivity (Wildman–Crippen MR) is 87.2 cm³/mol. The third-order valence-electron chi connectivity index (χ3n) is 2.73. The van der Waals surface area contributed by atoms with Gasteiger partial charge in [-0.1, -0.05) is 17.7 Å². The molecule has 1 aromatic heterocycles. The number of thiocarbonyl (C=S) groups is 1. The van der Waals surface area contributed by atoms with Crippen molar-refractivity contribution >= 4 is 40.5 Å². The van der Waals surface area contributed by atoms with E-state index in [0.717, 1.165) is 11.3 Å². The number of carbonyl (C=O) groups excluding carboxylic acids is 1. The van der Waals surface area contributed by atoms with E-state index in [2.05, 4.69) is 21.2 Å². The van der Waals surface area contributed by atoms with Gasteiger partial charge in [0.05, 0.1) is 5.56 Å². The monoisotopic (exact) mass is 320 g/mol. The number of rotatable bonds is 2. The third-order valence-corrected chi connectivity index (χ3v) is 3.34. The van der Waals surface area contributed by atoms with Gasteiger partial charge in [-0.25, -0.2) is 0 Å². The van der Waals surface area contributed by atoms with E-state index < -0.39 is 0 Å². The number of nitrogens with zero attached hydrogens (tertiary/aromatic N) is 1. The zero-order valence-corrected chi connectivity index (χ0v) is 12.8. The molecule has 3 N–H and O–H groups in total. The van der Waals surface area contributed by atoms with E-state index in [4.69, 9.17) is 23.8 Å². The number of carbonyl (C=O) groups is 1. The number of aromatic nitrogens is 1. The maximum absolute atomic E-state index is 11.8. The molecule has 21 heavy (non-hydrogen) atoms.